The van der Waals surface area contributed by atoms with Crippen LogP contribution in [0.1, 0.15) is 0 Å². The molecule has 5 rings (SSSR count). The average Bonchev–Trinajstić information content (AvgIpc) is 2.88. The Kier molecular flexibility index (Phi) is 6.00. The lowest BCUT2D eigenvalue weighted by Gasteiger charge is -2.25. The van der Waals surface area contributed by atoms with Gasteiger partial charge in [-0.15, -0.1) is 0 Å². The smallest absolute Gasteiger partial charge is 0.271 e. The molecule has 0 saturated heterocycles. The quantitative estimate of drug-likeness (QED) is 0.171. The van der Waals surface area contributed by atoms with Crippen LogP contribution in [0.5, 0.6) is 0 Å². The van der Waals surface area contributed by atoms with Crippen LogP contribution in [0, 0.1) is 10.1 Å². The molecule has 5 aromatic rings. The third-order valence-corrected chi connectivity index (χ3v) is 6.06. The van der Waals surface area contributed by atoms with E-state index >= 15 is 0 Å². The van der Waals surface area contributed by atoms with Crippen molar-refractivity contribution in [2.45, 2.75) is 9.92 Å². The molecule has 0 aliphatic rings. The summed E-state index contributed by atoms with van der Waals surface area (Å²) in [5.41, 5.74) is 5.28. The van der Waals surface area contributed by atoms with Gasteiger partial charge in [-0.1, -0.05) is 66.4 Å². The molecule has 0 bridgehead atoms. The van der Waals surface area contributed by atoms with Gasteiger partial charge in [-0.2, -0.15) is 0 Å². The molecule has 2 aromatic heterocycles. The van der Waals surface area contributed by atoms with Crippen LogP contribution >= 0.6 is 11.8 Å². The molecule has 9 heteroatoms. The molecule has 34 heavy (non-hydrogen) atoms. The fraction of sp³-hybridized carbons (Fsp3) is 0. The van der Waals surface area contributed by atoms with Gasteiger partial charge in [0.15, 0.2) is 5.03 Å². The van der Waals surface area contributed by atoms with Crippen molar-refractivity contribution in [2.24, 2.45) is 0 Å². The number of hydrogen-bond acceptors (Lipinski definition) is 8. The van der Waals surface area contributed by atoms with Gasteiger partial charge in [0.05, 0.1) is 21.8 Å². The van der Waals surface area contributed by atoms with E-state index in [-0.39, 0.29) is 16.5 Å². The van der Waals surface area contributed by atoms with E-state index in [1.54, 1.807) is 11.2 Å². The van der Waals surface area contributed by atoms with Gasteiger partial charge in [-0.05, 0) is 36.4 Å². The minimum atomic E-state index is -0.461. The lowest BCUT2D eigenvalue weighted by atomic mass is 10.2. The summed E-state index contributed by atoms with van der Waals surface area (Å²) < 4.78 is 0. The van der Waals surface area contributed by atoms with E-state index < -0.39 is 4.92 Å². The summed E-state index contributed by atoms with van der Waals surface area (Å²) >= 11 is 1.19. The SMILES string of the molecule is O=[N+]([O-])c1c(NN(c2ccccc2)c2ccccc2)ncnc1Sc1cccc2cccnc12. The first-order valence-corrected chi connectivity index (χ1v) is 11.2. The molecule has 0 atom stereocenters. The van der Waals surface area contributed by atoms with Gasteiger partial charge in [-0.25, -0.2) is 9.97 Å². The van der Waals surface area contributed by atoms with E-state index in [9.17, 15) is 10.1 Å². The molecule has 0 fully saturated rings. The number of fused-ring (bicyclic) bond motifs is 1. The largest absolute Gasteiger partial charge is 0.345 e. The van der Waals surface area contributed by atoms with Crippen LogP contribution in [0.4, 0.5) is 22.9 Å². The third-order valence-electron chi connectivity index (χ3n) is 5.02. The monoisotopic (exact) mass is 466 g/mol. The fourth-order valence-electron chi connectivity index (χ4n) is 3.48. The molecule has 0 aliphatic heterocycles. The van der Waals surface area contributed by atoms with Gasteiger partial charge in [0.2, 0.25) is 5.82 Å². The zero-order chi connectivity index (χ0) is 23.3. The zero-order valence-corrected chi connectivity index (χ0v) is 18.6. The number of nitrogens with zero attached hydrogens (tertiary/aromatic N) is 5. The van der Waals surface area contributed by atoms with Crippen molar-refractivity contribution in [3.05, 3.63) is 114 Å². The second-order valence-corrected chi connectivity index (χ2v) is 8.22. The average molecular weight is 467 g/mol. The van der Waals surface area contributed by atoms with Crippen LogP contribution in [0.15, 0.2) is 113 Å². The minimum absolute atomic E-state index is 0.0865. The number of nitro groups is 1. The van der Waals surface area contributed by atoms with Crippen LogP contribution in [0.25, 0.3) is 10.9 Å². The van der Waals surface area contributed by atoms with Crippen LogP contribution in [0.3, 0.4) is 0 Å². The number of para-hydroxylation sites is 3. The van der Waals surface area contributed by atoms with E-state index in [1.807, 2.05) is 91.0 Å². The number of rotatable bonds is 7. The van der Waals surface area contributed by atoms with Gasteiger partial charge in [-0.3, -0.25) is 25.5 Å². The molecule has 0 radical (unpaired) electrons. The second-order valence-electron chi connectivity index (χ2n) is 7.18. The maximum atomic E-state index is 12.2. The van der Waals surface area contributed by atoms with E-state index in [0.29, 0.717) is 0 Å². The van der Waals surface area contributed by atoms with Gasteiger partial charge >= 0.3 is 5.69 Å². The van der Waals surface area contributed by atoms with E-state index in [2.05, 4.69) is 20.4 Å². The number of anilines is 3. The maximum Gasteiger partial charge on any atom is 0.345 e. The number of pyridine rings is 1. The van der Waals surface area contributed by atoms with Crippen molar-refractivity contribution in [1.82, 2.24) is 15.0 Å². The Balaban J connectivity index is 1.57. The molecule has 0 spiro atoms. The van der Waals surface area contributed by atoms with Crippen LogP contribution < -0.4 is 10.4 Å². The number of hydrazine groups is 1. The predicted molar refractivity (Wildman–Crippen MR) is 133 cm³/mol. The summed E-state index contributed by atoms with van der Waals surface area (Å²) in [7, 11) is 0. The fourth-order valence-corrected chi connectivity index (χ4v) is 4.47. The molecule has 2 heterocycles. The Hall–Kier alpha value is -4.50. The number of aromatic nitrogens is 3. The molecule has 0 saturated carbocycles. The predicted octanol–water partition coefficient (Wildman–Crippen LogP) is 6.25. The molecular weight excluding hydrogens is 448 g/mol. The summed E-state index contributed by atoms with van der Waals surface area (Å²) in [6.07, 6.45) is 3.02. The highest BCUT2D eigenvalue weighted by molar-refractivity contribution is 7.99. The van der Waals surface area contributed by atoms with Gasteiger partial charge in [0.1, 0.15) is 6.33 Å². The second kappa shape index (κ2) is 9.55. The number of nitrogens with one attached hydrogen (secondary N) is 1. The molecule has 166 valence electrons. The Bertz CT molecular complexity index is 1410. The number of hydrogen-bond donors (Lipinski definition) is 1. The van der Waals surface area contributed by atoms with Crippen molar-refractivity contribution in [2.75, 3.05) is 10.4 Å². The summed E-state index contributed by atoms with van der Waals surface area (Å²) in [5, 5.41) is 15.1. The summed E-state index contributed by atoms with van der Waals surface area (Å²) in [6.45, 7) is 0. The van der Waals surface area contributed by atoms with Gasteiger partial charge in [0.25, 0.3) is 0 Å². The summed E-state index contributed by atoms with van der Waals surface area (Å²) in [6, 6.07) is 28.6. The first-order valence-electron chi connectivity index (χ1n) is 10.4. The molecule has 0 aliphatic carbocycles. The molecule has 0 amide bonds. The molecular formula is C25H18N6O2S. The lowest BCUT2D eigenvalue weighted by Crippen LogP contribution is -2.25. The van der Waals surface area contributed by atoms with E-state index in [0.717, 1.165) is 27.2 Å². The van der Waals surface area contributed by atoms with Crippen molar-refractivity contribution < 1.29 is 4.92 Å². The lowest BCUT2D eigenvalue weighted by molar-refractivity contribution is -0.387. The zero-order valence-electron chi connectivity index (χ0n) is 17.8. The normalized spacial score (nSPS) is 10.7. The Morgan fingerprint density at radius 2 is 1.47 bits per heavy atom. The highest BCUT2D eigenvalue weighted by atomic mass is 32.2. The summed E-state index contributed by atoms with van der Waals surface area (Å²) in [4.78, 5) is 25.4. The van der Waals surface area contributed by atoms with Crippen molar-refractivity contribution in [3.63, 3.8) is 0 Å². The molecule has 0 unspecified atom stereocenters. The highest BCUT2D eigenvalue weighted by Gasteiger charge is 2.26. The first-order chi connectivity index (χ1) is 16.7. The van der Waals surface area contributed by atoms with Gasteiger partial charge in [0, 0.05) is 16.5 Å². The Morgan fingerprint density at radius 1 is 0.794 bits per heavy atom. The standard InChI is InChI=1S/C25H18N6O2S/c32-31(33)23-24(29-30(19-11-3-1-4-12-19)20-13-5-2-6-14-20)27-17-28-25(23)34-21-15-7-9-18-10-8-16-26-22(18)21/h1-17H,(H,27,28,29). The van der Waals surface area contributed by atoms with Crippen LogP contribution in [-0.4, -0.2) is 19.9 Å². The van der Waals surface area contributed by atoms with E-state index in [4.69, 9.17) is 0 Å². The maximum absolute atomic E-state index is 12.2. The number of benzene rings is 3. The Labute approximate surface area is 199 Å². The summed E-state index contributed by atoms with van der Waals surface area (Å²) in [5.74, 6) is 0.0865. The first kappa shape index (κ1) is 21.4. The van der Waals surface area contributed by atoms with E-state index in [1.165, 1.54) is 18.1 Å². The van der Waals surface area contributed by atoms with Crippen molar-refractivity contribution >= 4 is 45.5 Å². The molecule has 3 aromatic carbocycles. The van der Waals surface area contributed by atoms with Gasteiger partial charge < -0.3 is 0 Å². The van der Waals surface area contributed by atoms with Crippen molar-refractivity contribution in [3.8, 4) is 0 Å². The minimum Gasteiger partial charge on any atom is -0.271 e. The molecule has 8 nitrogen and oxygen atoms in total. The highest BCUT2D eigenvalue weighted by Crippen LogP contribution is 2.39. The van der Waals surface area contributed by atoms with Crippen LogP contribution in [0.2, 0.25) is 0 Å². The van der Waals surface area contributed by atoms with Crippen LogP contribution in [-0.2, 0) is 0 Å². The third kappa shape index (κ3) is 4.37. The topological polar surface area (TPSA) is 97.1 Å². The Morgan fingerprint density at radius 3 is 2.15 bits per heavy atom. The van der Waals surface area contributed by atoms with Crippen molar-refractivity contribution in [1.29, 1.82) is 0 Å². The molecule has 1 N–H and O–H groups in total.